The minimum atomic E-state index is -0.100. The van der Waals surface area contributed by atoms with Gasteiger partial charge in [0.05, 0.1) is 5.69 Å². The molecule has 0 unspecified atom stereocenters. The number of hydrogen-bond acceptors (Lipinski definition) is 1. The van der Waals surface area contributed by atoms with Crippen LogP contribution in [0.3, 0.4) is 0 Å². The van der Waals surface area contributed by atoms with Crippen LogP contribution in [0.15, 0.2) is 127 Å². The van der Waals surface area contributed by atoms with Gasteiger partial charge in [-0.05, 0) is 108 Å². The Labute approximate surface area is 306 Å². The topological polar surface area (TPSA) is 3.24 Å². The molecule has 51 heavy (non-hydrogen) atoms. The third-order valence-electron chi connectivity index (χ3n) is 11.8. The molecule has 2 aliphatic carbocycles. The van der Waals surface area contributed by atoms with E-state index in [1.165, 1.54) is 83.8 Å². The first-order valence-electron chi connectivity index (χ1n) is 18.6. The van der Waals surface area contributed by atoms with Crippen LogP contribution in [0.1, 0.15) is 103 Å². The van der Waals surface area contributed by atoms with Gasteiger partial charge in [-0.1, -0.05) is 160 Å². The third-order valence-corrected chi connectivity index (χ3v) is 11.8. The first-order valence-corrected chi connectivity index (χ1v) is 18.6. The van der Waals surface area contributed by atoms with Crippen molar-refractivity contribution in [1.82, 2.24) is 0 Å². The molecule has 8 rings (SSSR count). The fraction of sp³-hybridized carbons (Fsp3) is 0.280. The molecule has 0 heterocycles. The third kappa shape index (κ3) is 5.27. The Balaban J connectivity index is 1.38. The van der Waals surface area contributed by atoms with Crippen molar-refractivity contribution < 1.29 is 0 Å². The van der Waals surface area contributed by atoms with Gasteiger partial charge in [0.25, 0.3) is 0 Å². The van der Waals surface area contributed by atoms with Crippen LogP contribution in [0.4, 0.5) is 17.1 Å². The second kappa shape index (κ2) is 11.3. The lowest BCUT2D eigenvalue weighted by Gasteiger charge is -2.32. The van der Waals surface area contributed by atoms with Crippen LogP contribution >= 0.6 is 0 Å². The first kappa shape index (κ1) is 33.3. The largest absolute Gasteiger partial charge is 0.310 e. The van der Waals surface area contributed by atoms with Gasteiger partial charge in [0, 0.05) is 27.8 Å². The van der Waals surface area contributed by atoms with E-state index >= 15 is 0 Å². The zero-order valence-electron chi connectivity index (χ0n) is 32.1. The molecule has 256 valence electrons. The molecule has 0 N–H and O–H groups in total. The van der Waals surface area contributed by atoms with Crippen molar-refractivity contribution in [2.45, 2.75) is 90.9 Å². The number of fused-ring (bicyclic) bond motifs is 6. The van der Waals surface area contributed by atoms with Crippen molar-refractivity contribution in [3.05, 3.63) is 161 Å². The fourth-order valence-corrected chi connectivity index (χ4v) is 8.67. The van der Waals surface area contributed by atoms with E-state index in [1.807, 2.05) is 0 Å². The summed E-state index contributed by atoms with van der Waals surface area (Å²) < 4.78 is 0. The Hall–Kier alpha value is -4.88. The van der Waals surface area contributed by atoms with E-state index in [4.69, 9.17) is 0 Å². The van der Waals surface area contributed by atoms with Crippen molar-refractivity contribution in [2.24, 2.45) is 0 Å². The minimum absolute atomic E-state index is 0.0101. The predicted molar refractivity (Wildman–Crippen MR) is 219 cm³/mol. The maximum Gasteiger partial charge on any atom is 0.0540 e. The Morgan fingerprint density at radius 2 is 0.824 bits per heavy atom. The summed E-state index contributed by atoms with van der Waals surface area (Å²) in [4.78, 5) is 2.53. The van der Waals surface area contributed by atoms with E-state index in [1.54, 1.807) is 0 Å². The summed E-state index contributed by atoms with van der Waals surface area (Å²) in [6, 6.07) is 48.6. The van der Waals surface area contributed by atoms with Crippen molar-refractivity contribution >= 4 is 17.1 Å². The minimum Gasteiger partial charge on any atom is -0.310 e. The highest BCUT2D eigenvalue weighted by Crippen LogP contribution is 2.54. The van der Waals surface area contributed by atoms with Gasteiger partial charge in [-0.2, -0.15) is 0 Å². The van der Waals surface area contributed by atoms with Gasteiger partial charge >= 0.3 is 0 Å². The molecule has 0 fully saturated rings. The van der Waals surface area contributed by atoms with E-state index in [-0.39, 0.29) is 21.7 Å². The van der Waals surface area contributed by atoms with Crippen LogP contribution in [-0.4, -0.2) is 0 Å². The van der Waals surface area contributed by atoms with Crippen LogP contribution in [0.25, 0.3) is 33.4 Å². The Morgan fingerprint density at radius 3 is 1.29 bits per heavy atom. The van der Waals surface area contributed by atoms with Gasteiger partial charge in [0.2, 0.25) is 0 Å². The average molecular weight is 666 g/mol. The zero-order valence-corrected chi connectivity index (χ0v) is 32.1. The molecule has 0 radical (unpaired) electrons. The molecule has 0 spiro atoms. The van der Waals surface area contributed by atoms with Crippen LogP contribution in [0.5, 0.6) is 0 Å². The lowest BCUT2D eigenvalue weighted by atomic mass is 9.81. The van der Waals surface area contributed by atoms with E-state index in [0.717, 1.165) is 0 Å². The van der Waals surface area contributed by atoms with Gasteiger partial charge in [-0.15, -0.1) is 0 Å². The highest BCUT2D eigenvalue weighted by atomic mass is 15.1. The first-order chi connectivity index (χ1) is 24.1. The van der Waals surface area contributed by atoms with Gasteiger partial charge in [0.1, 0.15) is 0 Å². The molecule has 1 nitrogen and oxygen atoms in total. The summed E-state index contributed by atoms with van der Waals surface area (Å²) in [6.45, 7) is 23.3. The summed E-state index contributed by atoms with van der Waals surface area (Å²) in [5.41, 5.74) is 19.5. The predicted octanol–water partition coefficient (Wildman–Crippen LogP) is 14.0. The Kier molecular flexibility index (Phi) is 7.38. The smallest absolute Gasteiger partial charge is 0.0540 e. The lowest BCUT2D eigenvalue weighted by molar-refractivity contribution is 0.590. The molecule has 0 saturated carbocycles. The highest BCUT2D eigenvalue weighted by Gasteiger charge is 2.38. The second-order valence-corrected chi connectivity index (χ2v) is 17.9. The van der Waals surface area contributed by atoms with Crippen LogP contribution in [0, 0.1) is 0 Å². The van der Waals surface area contributed by atoms with E-state index in [0.29, 0.717) is 0 Å². The summed E-state index contributed by atoms with van der Waals surface area (Å²) in [5, 5.41) is 0. The molecule has 6 aromatic carbocycles. The molecule has 0 bridgehead atoms. The van der Waals surface area contributed by atoms with Gasteiger partial charge in [-0.25, -0.2) is 0 Å². The fourth-order valence-electron chi connectivity index (χ4n) is 8.67. The van der Waals surface area contributed by atoms with E-state index < -0.39 is 0 Å². The number of rotatable bonds is 4. The number of benzene rings is 6. The number of anilines is 3. The van der Waals surface area contributed by atoms with Crippen LogP contribution in [-0.2, 0) is 21.7 Å². The lowest BCUT2D eigenvalue weighted by Crippen LogP contribution is -2.18. The molecule has 0 amide bonds. The van der Waals surface area contributed by atoms with Gasteiger partial charge in [0.15, 0.2) is 0 Å². The molecule has 6 aromatic rings. The number of hydrogen-bond donors (Lipinski definition) is 0. The maximum atomic E-state index is 2.53. The zero-order chi connectivity index (χ0) is 36.1. The Morgan fingerprint density at radius 1 is 0.392 bits per heavy atom. The molecule has 2 aliphatic rings. The van der Waals surface area contributed by atoms with Crippen molar-refractivity contribution in [3.63, 3.8) is 0 Å². The Bertz CT molecular complexity index is 2210. The van der Waals surface area contributed by atoms with Crippen molar-refractivity contribution in [2.75, 3.05) is 4.90 Å². The monoisotopic (exact) mass is 665 g/mol. The summed E-state index contributed by atoms with van der Waals surface area (Å²) in [7, 11) is 0. The molecule has 1 heteroatoms. The normalized spacial score (nSPS) is 15.2. The highest BCUT2D eigenvalue weighted by molar-refractivity contribution is 5.92. The van der Waals surface area contributed by atoms with Crippen molar-refractivity contribution in [1.29, 1.82) is 0 Å². The summed E-state index contributed by atoms with van der Waals surface area (Å²) >= 11 is 0. The quantitative estimate of drug-likeness (QED) is 0.181. The van der Waals surface area contributed by atoms with Crippen molar-refractivity contribution in [3.8, 4) is 33.4 Å². The molecule has 0 aliphatic heterocycles. The molecule has 0 atom stereocenters. The molecule has 0 saturated heterocycles. The standard InChI is InChI=1S/C50H51N/c1-47(2,3)33-21-19-32(20-22-33)41-29-34(48(4,5)6)23-28-46(41)51(35-24-26-39-37-15-11-13-17-42(37)49(7,8)44(39)30-35)36-25-27-40-38-16-12-14-18-43(38)50(9,10)45(40)31-36/h11-31H,1-10H3. The average Bonchev–Trinajstić information content (AvgIpc) is 3.47. The maximum absolute atomic E-state index is 2.53. The van der Waals surface area contributed by atoms with Crippen LogP contribution in [0.2, 0.25) is 0 Å². The van der Waals surface area contributed by atoms with Gasteiger partial charge in [-0.3, -0.25) is 0 Å². The van der Waals surface area contributed by atoms with Crippen LogP contribution < -0.4 is 4.90 Å². The second-order valence-electron chi connectivity index (χ2n) is 17.9. The summed E-state index contributed by atoms with van der Waals surface area (Å²) in [6.07, 6.45) is 0. The van der Waals surface area contributed by atoms with E-state index in [2.05, 4.69) is 202 Å². The molecule has 0 aromatic heterocycles. The SMILES string of the molecule is CC(C)(C)c1ccc(-c2cc(C(C)(C)C)ccc2N(c2ccc3c(c2)C(C)(C)c2ccccc2-3)c2ccc3c(c2)C(C)(C)c2ccccc2-3)cc1. The molecular formula is C50H51N. The molecular weight excluding hydrogens is 615 g/mol. The summed E-state index contributed by atoms with van der Waals surface area (Å²) in [5.74, 6) is 0. The van der Waals surface area contributed by atoms with E-state index in [9.17, 15) is 0 Å². The van der Waals surface area contributed by atoms with Gasteiger partial charge < -0.3 is 4.90 Å². The number of nitrogens with zero attached hydrogens (tertiary/aromatic N) is 1.